The van der Waals surface area contributed by atoms with Crippen LogP contribution in [0, 0.1) is 11.8 Å². The van der Waals surface area contributed by atoms with Crippen molar-refractivity contribution in [2.75, 3.05) is 5.75 Å². The first-order valence-electron chi connectivity index (χ1n) is 11.1. The molecule has 4 unspecified atom stereocenters. The van der Waals surface area contributed by atoms with Crippen LogP contribution in [0.2, 0.25) is 0 Å². The Labute approximate surface area is 205 Å². The van der Waals surface area contributed by atoms with Crippen molar-refractivity contribution in [2.45, 2.75) is 64.7 Å². The first-order chi connectivity index (χ1) is 15.8. The molecule has 11 heteroatoms. The Morgan fingerprint density at radius 2 is 1.38 bits per heavy atom. The van der Waals surface area contributed by atoms with Crippen molar-refractivity contribution in [1.82, 2.24) is 16.0 Å². The Bertz CT molecular complexity index is 846. The molecule has 0 saturated carbocycles. The van der Waals surface area contributed by atoms with Crippen LogP contribution >= 0.6 is 12.6 Å². The zero-order chi connectivity index (χ0) is 26.0. The fourth-order valence-corrected chi connectivity index (χ4v) is 3.34. The summed E-state index contributed by atoms with van der Waals surface area (Å²) in [5, 5.41) is 26.5. The van der Waals surface area contributed by atoms with Crippen LogP contribution in [-0.4, -0.2) is 63.8 Å². The number of thiol groups is 1. The molecule has 0 aromatic heterocycles. The van der Waals surface area contributed by atoms with Crippen molar-refractivity contribution in [3.05, 3.63) is 29.8 Å². The molecule has 34 heavy (non-hydrogen) atoms. The zero-order valence-corrected chi connectivity index (χ0v) is 20.8. The maximum absolute atomic E-state index is 13.1. The van der Waals surface area contributed by atoms with E-state index in [1.807, 2.05) is 13.8 Å². The van der Waals surface area contributed by atoms with Crippen LogP contribution in [0.15, 0.2) is 24.3 Å². The Morgan fingerprint density at radius 1 is 0.882 bits per heavy atom. The van der Waals surface area contributed by atoms with Gasteiger partial charge in [-0.15, -0.1) is 0 Å². The van der Waals surface area contributed by atoms with Crippen molar-refractivity contribution < 1.29 is 29.4 Å². The van der Waals surface area contributed by atoms with Gasteiger partial charge in [-0.3, -0.25) is 14.4 Å². The number of carbonyl (C=O) groups excluding carboxylic acids is 3. The predicted molar refractivity (Wildman–Crippen MR) is 131 cm³/mol. The van der Waals surface area contributed by atoms with Gasteiger partial charge in [0.2, 0.25) is 17.7 Å². The van der Waals surface area contributed by atoms with E-state index in [1.165, 1.54) is 12.1 Å². The fraction of sp³-hybridized carbons (Fsp3) is 0.565. The first-order valence-corrected chi connectivity index (χ1v) is 11.8. The van der Waals surface area contributed by atoms with Gasteiger partial charge in [-0.1, -0.05) is 39.8 Å². The number of carbonyl (C=O) groups is 4. The maximum atomic E-state index is 13.1. The summed E-state index contributed by atoms with van der Waals surface area (Å²) in [5.41, 5.74) is 6.57. The maximum Gasteiger partial charge on any atom is 0.326 e. The van der Waals surface area contributed by atoms with Crippen molar-refractivity contribution >= 4 is 36.3 Å². The van der Waals surface area contributed by atoms with Gasteiger partial charge in [0.25, 0.3) is 0 Å². The fourth-order valence-electron chi connectivity index (χ4n) is 3.08. The number of aliphatic carboxylic acids is 1. The average molecular weight is 497 g/mol. The second-order valence-corrected chi connectivity index (χ2v) is 9.34. The van der Waals surface area contributed by atoms with E-state index in [-0.39, 0.29) is 36.2 Å². The van der Waals surface area contributed by atoms with Gasteiger partial charge in [0.1, 0.15) is 23.9 Å². The molecule has 7 N–H and O–H groups in total. The molecule has 3 amide bonds. The second-order valence-electron chi connectivity index (χ2n) is 8.97. The molecule has 1 aromatic carbocycles. The standard InChI is InChI=1S/C23H36N4O6S/c1-12(2)9-17(23(32)33)26-21(30)18(11-34)27-20(29)16(25-22(31)19(24)13(3)4)10-14-5-7-15(28)8-6-14/h5-8,12-13,16-19,28,34H,9-11,24H2,1-4H3,(H,25,31)(H,26,30)(H,27,29)(H,32,33). The Kier molecular flexibility index (Phi) is 11.9. The number of phenols is 1. The number of hydrogen-bond donors (Lipinski definition) is 7. The van der Waals surface area contributed by atoms with Crippen LogP contribution < -0.4 is 21.7 Å². The molecule has 0 aliphatic rings. The van der Waals surface area contributed by atoms with Crippen LogP contribution in [-0.2, 0) is 25.6 Å². The van der Waals surface area contributed by atoms with E-state index in [0.29, 0.717) is 5.56 Å². The number of benzene rings is 1. The number of amides is 3. The van der Waals surface area contributed by atoms with E-state index < -0.39 is 47.9 Å². The molecule has 0 aliphatic heterocycles. The van der Waals surface area contributed by atoms with Crippen molar-refractivity contribution in [3.8, 4) is 5.75 Å². The lowest BCUT2D eigenvalue weighted by Gasteiger charge is -2.25. The van der Waals surface area contributed by atoms with Gasteiger partial charge in [-0.25, -0.2) is 4.79 Å². The summed E-state index contributed by atoms with van der Waals surface area (Å²) in [5.74, 6) is -3.21. The highest BCUT2D eigenvalue weighted by Gasteiger charge is 2.30. The van der Waals surface area contributed by atoms with Crippen LogP contribution in [0.5, 0.6) is 5.75 Å². The second kappa shape index (κ2) is 13.8. The Balaban J connectivity index is 3.02. The molecule has 1 aromatic rings. The van der Waals surface area contributed by atoms with E-state index in [0.717, 1.165) is 0 Å². The molecule has 1 rings (SSSR count). The third-order valence-electron chi connectivity index (χ3n) is 5.17. The highest BCUT2D eigenvalue weighted by Crippen LogP contribution is 2.12. The minimum Gasteiger partial charge on any atom is -0.508 e. The van der Waals surface area contributed by atoms with Gasteiger partial charge in [0.15, 0.2) is 0 Å². The van der Waals surface area contributed by atoms with Crippen LogP contribution in [0.4, 0.5) is 0 Å². The Morgan fingerprint density at radius 3 is 1.85 bits per heavy atom. The molecular formula is C23H36N4O6S. The molecule has 0 aliphatic carbocycles. The lowest BCUT2D eigenvalue weighted by Crippen LogP contribution is -2.58. The lowest BCUT2D eigenvalue weighted by molar-refractivity contribution is -0.142. The molecule has 0 fully saturated rings. The number of carboxylic acid groups (broad SMARTS) is 1. The predicted octanol–water partition coefficient (Wildman–Crippen LogP) is 0.433. The number of carboxylic acids is 1. The summed E-state index contributed by atoms with van der Waals surface area (Å²) >= 11 is 4.12. The van der Waals surface area contributed by atoms with E-state index >= 15 is 0 Å². The summed E-state index contributed by atoms with van der Waals surface area (Å²) in [6.45, 7) is 7.21. The lowest BCUT2D eigenvalue weighted by atomic mass is 10.0. The summed E-state index contributed by atoms with van der Waals surface area (Å²) in [4.78, 5) is 49.8. The highest BCUT2D eigenvalue weighted by molar-refractivity contribution is 7.80. The first kappa shape index (κ1) is 29.2. The highest BCUT2D eigenvalue weighted by atomic mass is 32.1. The smallest absolute Gasteiger partial charge is 0.326 e. The molecule has 10 nitrogen and oxygen atoms in total. The quantitative estimate of drug-likeness (QED) is 0.194. The molecule has 4 atom stereocenters. The number of hydrogen-bond acceptors (Lipinski definition) is 7. The largest absolute Gasteiger partial charge is 0.508 e. The summed E-state index contributed by atoms with van der Waals surface area (Å²) in [6.07, 6.45) is 0.301. The third kappa shape index (κ3) is 9.60. The third-order valence-corrected chi connectivity index (χ3v) is 5.53. The Hall–Kier alpha value is -2.79. The van der Waals surface area contributed by atoms with Crippen LogP contribution in [0.1, 0.15) is 39.7 Å². The molecule has 0 spiro atoms. The molecule has 0 heterocycles. The van der Waals surface area contributed by atoms with Crippen LogP contribution in [0.25, 0.3) is 0 Å². The van der Waals surface area contributed by atoms with E-state index in [4.69, 9.17) is 5.73 Å². The normalized spacial score (nSPS) is 14.7. The van der Waals surface area contributed by atoms with Crippen molar-refractivity contribution in [3.63, 3.8) is 0 Å². The van der Waals surface area contributed by atoms with Gasteiger partial charge in [0.05, 0.1) is 6.04 Å². The summed E-state index contributed by atoms with van der Waals surface area (Å²) in [6, 6.07) is 1.99. The number of nitrogens with two attached hydrogens (primary N) is 1. The molecule has 0 radical (unpaired) electrons. The van der Waals surface area contributed by atoms with Gasteiger partial charge in [-0.05, 0) is 36.0 Å². The minimum atomic E-state index is -1.17. The van der Waals surface area contributed by atoms with Gasteiger partial charge >= 0.3 is 5.97 Å². The summed E-state index contributed by atoms with van der Waals surface area (Å²) < 4.78 is 0. The van der Waals surface area contributed by atoms with E-state index in [9.17, 15) is 29.4 Å². The topological polar surface area (TPSA) is 171 Å². The summed E-state index contributed by atoms with van der Waals surface area (Å²) in [7, 11) is 0. The van der Waals surface area contributed by atoms with E-state index in [2.05, 4.69) is 28.6 Å². The monoisotopic (exact) mass is 496 g/mol. The van der Waals surface area contributed by atoms with Gasteiger partial charge in [0, 0.05) is 12.2 Å². The van der Waals surface area contributed by atoms with Crippen molar-refractivity contribution in [1.29, 1.82) is 0 Å². The van der Waals surface area contributed by atoms with Gasteiger partial charge in [-0.2, -0.15) is 12.6 Å². The van der Waals surface area contributed by atoms with Crippen molar-refractivity contribution in [2.24, 2.45) is 17.6 Å². The zero-order valence-electron chi connectivity index (χ0n) is 19.9. The van der Waals surface area contributed by atoms with Gasteiger partial charge < -0.3 is 31.9 Å². The molecular weight excluding hydrogens is 460 g/mol. The number of phenolic OH excluding ortho intramolecular Hbond substituents is 1. The minimum absolute atomic E-state index is 0.0283. The number of aromatic hydroxyl groups is 1. The average Bonchev–Trinajstić information content (AvgIpc) is 2.76. The molecule has 0 saturated heterocycles. The molecule has 0 bridgehead atoms. The number of rotatable bonds is 13. The number of nitrogens with one attached hydrogen (secondary N) is 3. The van der Waals surface area contributed by atoms with E-state index in [1.54, 1.807) is 26.0 Å². The van der Waals surface area contributed by atoms with Crippen LogP contribution in [0.3, 0.4) is 0 Å². The molecule has 190 valence electrons. The SMILES string of the molecule is CC(C)CC(NC(=O)C(CS)NC(=O)C(Cc1ccc(O)cc1)NC(=O)C(N)C(C)C)C(=O)O.